The van der Waals surface area contributed by atoms with E-state index in [0.29, 0.717) is 27.7 Å². The lowest BCUT2D eigenvalue weighted by Gasteiger charge is -2.23. The molecule has 3 N–H and O–H groups in total. The van der Waals surface area contributed by atoms with Crippen LogP contribution in [0, 0.1) is 23.7 Å². The van der Waals surface area contributed by atoms with E-state index < -0.39 is 17.8 Å². The maximum atomic E-state index is 12.8. The highest BCUT2D eigenvalue weighted by atomic mass is 35.5. The number of carbonyl (C=O) groups excluding carboxylic acids is 2. The van der Waals surface area contributed by atoms with Gasteiger partial charge >= 0.3 is 5.97 Å². The average Bonchev–Trinajstić information content (AvgIpc) is 3.38. The number of hydrogen-bond donors (Lipinski definition) is 3. The molecule has 1 fully saturated rings. The number of carbonyl (C=O) groups is 3. The molecule has 0 aliphatic heterocycles. The van der Waals surface area contributed by atoms with Crippen LogP contribution in [0.3, 0.4) is 0 Å². The minimum atomic E-state index is -0.955. The Morgan fingerprint density at radius 1 is 1.00 bits per heavy atom. The zero-order chi connectivity index (χ0) is 19.8. The number of aliphatic carboxylic acids is 1. The molecule has 6 nitrogen and oxygen atoms in total. The summed E-state index contributed by atoms with van der Waals surface area (Å²) in [5, 5.41) is 17.7. The highest BCUT2D eigenvalue weighted by Gasteiger charge is 2.51. The Morgan fingerprint density at radius 3 is 2.36 bits per heavy atom. The molecule has 4 atom stereocenters. The van der Waals surface area contributed by atoms with E-state index in [2.05, 4.69) is 10.6 Å². The Hall–Kier alpha value is -2.64. The van der Waals surface area contributed by atoms with Crippen LogP contribution in [0.2, 0.25) is 5.02 Å². The predicted molar refractivity (Wildman–Crippen MR) is 108 cm³/mol. The van der Waals surface area contributed by atoms with E-state index in [1.165, 1.54) is 11.3 Å². The molecule has 0 radical (unpaired) electrons. The van der Waals surface area contributed by atoms with Crippen molar-refractivity contribution >= 4 is 51.4 Å². The maximum absolute atomic E-state index is 12.8. The van der Waals surface area contributed by atoms with Crippen LogP contribution in [-0.2, 0) is 9.59 Å². The normalized spacial score (nSPS) is 24.9. The van der Waals surface area contributed by atoms with Gasteiger partial charge < -0.3 is 15.7 Å². The fraction of sp³-hybridized carbons (Fsp3) is 0.250. The lowest BCUT2D eigenvalue weighted by molar-refractivity contribution is -0.146. The van der Waals surface area contributed by atoms with E-state index in [1.807, 2.05) is 12.2 Å². The summed E-state index contributed by atoms with van der Waals surface area (Å²) in [6.07, 6.45) is 4.50. The van der Waals surface area contributed by atoms with Gasteiger partial charge in [0.2, 0.25) is 5.91 Å². The van der Waals surface area contributed by atoms with Gasteiger partial charge in [-0.3, -0.25) is 14.4 Å². The van der Waals surface area contributed by atoms with Gasteiger partial charge in [0.15, 0.2) is 0 Å². The fourth-order valence-electron chi connectivity index (χ4n) is 4.03. The second-order valence-corrected chi connectivity index (χ2v) is 8.30. The van der Waals surface area contributed by atoms with Crippen LogP contribution in [0.5, 0.6) is 0 Å². The Labute approximate surface area is 170 Å². The summed E-state index contributed by atoms with van der Waals surface area (Å²) in [5.41, 5.74) is 0.918. The number of allylic oxidation sites excluding steroid dienone is 2. The first-order chi connectivity index (χ1) is 13.4. The summed E-state index contributed by atoms with van der Waals surface area (Å²) in [6.45, 7) is 0. The Kier molecular flexibility index (Phi) is 4.95. The molecule has 2 aromatic rings. The molecule has 2 amide bonds. The average molecular weight is 417 g/mol. The topological polar surface area (TPSA) is 95.5 Å². The Morgan fingerprint density at radius 2 is 1.68 bits per heavy atom. The zero-order valence-electron chi connectivity index (χ0n) is 14.6. The van der Waals surface area contributed by atoms with Crippen LogP contribution < -0.4 is 10.6 Å². The van der Waals surface area contributed by atoms with Crippen molar-refractivity contribution in [3.63, 3.8) is 0 Å². The fourth-order valence-corrected chi connectivity index (χ4v) is 4.94. The number of carboxylic acid groups (broad SMARTS) is 1. The van der Waals surface area contributed by atoms with Gasteiger partial charge in [-0.1, -0.05) is 23.8 Å². The van der Waals surface area contributed by atoms with Gasteiger partial charge in [-0.2, -0.15) is 0 Å². The van der Waals surface area contributed by atoms with Crippen LogP contribution >= 0.6 is 22.9 Å². The highest BCUT2D eigenvalue weighted by Crippen LogP contribution is 2.48. The molecule has 4 rings (SSSR count). The van der Waals surface area contributed by atoms with Crippen molar-refractivity contribution in [1.82, 2.24) is 0 Å². The summed E-state index contributed by atoms with van der Waals surface area (Å²) in [6, 6.07) is 8.33. The van der Waals surface area contributed by atoms with E-state index in [1.54, 1.807) is 35.7 Å². The third-order valence-corrected chi connectivity index (χ3v) is 6.38. The van der Waals surface area contributed by atoms with Crippen LogP contribution in [0.4, 0.5) is 10.7 Å². The third kappa shape index (κ3) is 3.43. The van der Waals surface area contributed by atoms with Crippen molar-refractivity contribution in [2.75, 3.05) is 10.6 Å². The first-order valence-electron chi connectivity index (χ1n) is 8.80. The summed E-state index contributed by atoms with van der Waals surface area (Å²) in [5.74, 6) is -3.19. The number of nitrogens with one attached hydrogen (secondary N) is 2. The molecule has 2 bridgehead atoms. The molecule has 144 valence electrons. The monoisotopic (exact) mass is 416 g/mol. The first kappa shape index (κ1) is 18.7. The SMILES string of the molecule is O=C(Nc1ccc(Cl)cc1)c1ccsc1NC(=O)[C@H]1[C@@H](C(=O)O)[C@H]2C=C[C@H]1C2. The second-order valence-electron chi connectivity index (χ2n) is 6.95. The zero-order valence-corrected chi connectivity index (χ0v) is 16.2. The molecule has 1 aromatic heterocycles. The Bertz CT molecular complexity index is 969. The van der Waals surface area contributed by atoms with E-state index in [0.717, 1.165) is 0 Å². The second kappa shape index (κ2) is 7.41. The van der Waals surface area contributed by atoms with Gasteiger partial charge in [0.05, 0.1) is 17.4 Å². The Balaban J connectivity index is 1.49. The molecule has 1 saturated carbocycles. The number of rotatable bonds is 5. The molecule has 28 heavy (non-hydrogen) atoms. The molecule has 1 aromatic carbocycles. The minimum absolute atomic E-state index is 0.0718. The lowest BCUT2D eigenvalue weighted by atomic mass is 9.82. The summed E-state index contributed by atoms with van der Waals surface area (Å²) in [7, 11) is 0. The van der Waals surface area contributed by atoms with Crippen molar-refractivity contribution in [1.29, 1.82) is 0 Å². The van der Waals surface area contributed by atoms with E-state index in [-0.39, 0.29) is 23.7 Å². The van der Waals surface area contributed by atoms with Crippen LogP contribution in [0.15, 0.2) is 47.9 Å². The number of thiophene rings is 1. The number of anilines is 2. The van der Waals surface area contributed by atoms with Crippen molar-refractivity contribution in [3.05, 3.63) is 58.5 Å². The molecule has 2 aliphatic rings. The largest absolute Gasteiger partial charge is 0.481 e. The highest BCUT2D eigenvalue weighted by molar-refractivity contribution is 7.14. The molecule has 0 unspecified atom stereocenters. The summed E-state index contributed by atoms with van der Waals surface area (Å²) < 4.78 is 0. The summed E-state index contributed by atoms with van der Waals surface area (Å²) >= 11 is 7.08. The summed E-state index contributed by atoms with van der Waals surface area (Å²) in [4.78, 5) is 37.1. The third-order valence-electron chi connectivity index (χ3n) is 5.30. The van der Waals surface area contributed by atoms with Gasteiger partial charge in [-0.15, -0.1) is 11.3 Å². The van der Waals surface area contributed by atoms with Crippen molar-refractivity contribution in [3.8, 4) is 0 Å². The number of hydrogen-bond acceptors (Lipinski definition) is 4. The smallest absolute Gasteiger partial charge is 0.307 e. The standard InChI is InChI=1S/C20H17ClN2O4S/c21-12-3-5-13(6-4-12)22-17(24)14-7-8-28-19(14)23-18(25)15-10-1-2-11(9-10)16(15)20(26)27/h1-8,10-11,15-16H,9H2,(H,22,24)(H,23,25)(H,26,27)/t10-,11-,15+,16-/m0/s1. The van der Waals surface area contributed by atoms with Crippen molar-refractivity contribution in [2.24, 2.45) is 23.7 Å². The van der Waals surface area contributed by atoms with Gasteiger partial charge in [0.1, 0.15) is 5.00 Å². The minimum Gasteiger partial charge on any atom is -0.481 e. The number of benzene rings is 1. The van der Waals surface area contributed by atoms with Gasteiger partial charge in [0, 0.05) is 10.7 Å². The number of fused-ring (bicyclic) bond motifs is 2. The number of carboxylic acids is 1. The van der Waals surface area contributed by atoms with Crippen LogP contribution in [-0.4, -0.2) is 22.9 Å². The number of halogens is 1. The first-order valence-corrected chi connectivity index (χ1v) is 10.1. The quantitative estimate of drug-likeness (QED) is 0.639. The maximum Gasteiger partial charge on any atom is 0.307 e. The van der Waals surface area contributed by atoms with E-state index >= 15 is 0 Å². The van der Waals surface area contributed by atoms with Crippen LogP contribution in [0.25, 0.3) is 0 Å². The number of amides is 2. The van der Waals surface area contributed by atoms with Crippen LogP contribution in [0.1, 0.15) is 16.8 Å². The van der Waals surface area contributed by atoms with E-state index in [9.17, 15) is 19.5 Å². The van der Waals surface area contributed by atoms with E-state index in [4.69, 9.17) is 11.6 Å². The van der Waals surface area contributed by atoms with Crippen molar-refractivity contribution < 1.29 is 19.5 Å². The predicted octanol–water partition coefficient (Wildman–Crippen LogP) is 4.12. The van der Waals surface area contributed by atoms with Gasteiger partial charge in [-0.25, -0.2) is 0 Å². The lowest BCUT2D eigenvalue weighted by Crippen LogP contribution is -2.36. The molecule has 8 heteroatoms. The molecule has 0 saturated heterocycles. The molecule has 2 aliphatic carbocycles. The molecular formula is C20H17ClN2O4S. The molecule has 1 heterocycles. The van der Waals surface area contributed by atoms with Gasteiger partial charge in [0.25, 0.3) is 5.91 Å². The van der Waals surface area contributed by atoms with Crippen molar-refractivity contribution in [2.45, 2.75) is 6.42 Å². The molecule has 0 spiro atoms. The van der Waals surface area contributed by atoms with Gasteiger partial charge in [-0.05, 0) is 54.0 Å². The molecular weight excluding hydrogens is 400 g/mol.